The van der Waals surface area contributed by atoms with Crippen molar-refractivity contribution in [3.63, 3.8) is 0 Å². The van der Waals surface area contributed by atoms with E-state index in [4.69, 9.17) is 0 Å². The molecule has 1 heterocycles. The Kier molecular flexibility index (Phi) is 2.91. The van der Waals surface area contributed by atoms with Gasteiger partial charge in [-0.05, 0) is 12.1 Å². The van der Waals surface area contributed by atoms with Crippen molar-refractivity contribution in [2.45, 2.75) is 0 Å². The number of nitrogens with one attached hydrogen (secondary N) is 1. The average molecular weight is 123 g/mol. The van der Waals surface area contributed by atoms with Crippen LogP contribution in [0.25, 0.3) is 0 Å². The third-order valence-corrected chi connectivity index (χ3v) is 0.496. The number of aromatic amines is 1. The van der Waals surface area contributed by atoms with Gasteiger partial charge in [0, 0.05) is 29.5 Å². The fourth-order valence-electron chi connectivity index (χ4n) is 0.278. The molecule has 1 nitrogen and oxygen atoms in total. The van der Waals surface area contributed by atoms with Crippen molar-refractivity contribution in [1.29, 1.82) is 0 Å². The predicted molar refractivity (Wildman–Crippen MR) is 20.8 cm³/mol. The summed E-state index contributed by atoms with van der Waals surface area (Å²) >= 11 is 0. The Labute approximate surface area is 47.2 Å². The van der Waals surface area contributed by atoms with E-state index < -0.39 is 0 Å². The van der Waals surface area contributed by atoms with E-state index in [1.54, 1.807) is 0 Å². The summed E-state index contributed by atoms with van der Waals surface area (Å²) in [6, 6.07) is 3.89. The number of aromatic nitrogens is 1. The summed E-state index contributed by atoms with van der Waals surface area (Å²) in [6.45, 7) is 0. The fourth-order valence-corrected chi connectivity index (χ4v) is 0.278. The van der Waals surface area contributed by atoms with Gasteiger partial charge in [0.15, 0.2) is 0 Å². The van der Waals surface area contributed by atoms with Crippen molar-refractivity contribution in [2.75, 3.05) is 0 Å². The Bertz CT molecular complexity index is 64.0. The van der Waals surface area contributed by atoms with Crippen molar-refractivity contribution in [3.05, 3.63) is 24.5 Å². The van der Waals surface area contributed by atoms with Gasteiger partial charge in [-0.1, -0.05) is 0 Å². The van der Waals surface area contributed by atoms with Gasteiger partial charge in [-0.2, -0.15) is 0 Å². The molecule has 0 aliphatic rings. The molecule has 1 aromatic heterocycles. The summed E-state index contributed by atoms with van der Waals surface area (Å²) in [5.74, 6) is 0. The smallest absolute Gasteiger partial charge is 0.000496 e. The summed E-state index contributed by atoms with van der Waals surface area (Å²) in [4.78, 5) is 2.86. The van der Waals surface area contributed by atoms with Gasteiger partial charge >= 0.3 is 0 Å². The molecule has 0 atom stereocenters. The molecule has 1 N–H and O–H groups in total. The van der Waals surface area contributed by atoms with Crippen LogP contribution in [-0.2, 0) is 17.1 Å². The van der Waals surface area contributed by atoms with Crippen LogP contribution in [0.5, 0.6) is 0 Å². The largest absolute Gasteiger partial charge is 0.368 e. The number of hydrogen-bond donors (Lipinski definition) is 1. The van der Waals surface area contributed by atoms with E-state index in [2.05, 4.69) is 4.98 Å². The monoisotopic (exact) mass is 123 g/mol. The van der Waals surface area contributed by atoms with Gasteiger partial charge < -0.3 is 4.98 Å². The molecule has 0 unspecified atom stereocenters. The summed E-state index contributed by atoms with van der Waals surface area (Å²) < 4.78 is 0. The van der Waals surface area contributed by atoms with Crippen LogP contribution in [0.2, 0.25) is 0 Å². The zero-order valence-electron chi connectivity index (χ0n) is 3.16. The summed E-state index contributed by atoms with van der Waals surface area (Å²) in [7, 11) is 0. The molecule has 1 aromatic rings. The maximum atomic E-state index is 2.86. The van der Waals surface area contributed by atoms with E-state index in [0.29, 0.717) is 0 Å². The number of rotatable bonds is 0. The Morgan fingerprint density at radius 3 is 1.67 bits per heavy atom. The zero-order valence-corrected chi connectivity index (χ0v) is 4.27. The van der Waals surface area contributed by atoms with Crippen LogP contribution in [-0.4, -0.2) is 4.98 Å². The van der Waals surface area contributed by atoms with E-state index in [0.717, 1.165) is 0 Å². The zero-order chi connectivity index (χ0) is 3.54. The second kappa shape index (κ2) is 3.01. The van der Waals surface area contributed by atoms with Crippen molar-refractivity contribution < 1.29 is 17.1 Å². The molecule has 6 heavy (non-hydrogen) atoms. The fraction of sp³-hybridized carbons (Fsp3) is 0. The summed E-state index contributed by atoms with van der Waals surface area (Å²) in [6.07, 6.45) is 3.75. The number of hydrogen-bond acceptors (Lipinski definition) is 0. The van der Waals surface area contributed by atoms with E-state index in [1.165, 1.54) is 0 Å². The quantitative estimate of drug-likeness (QED) is 0.495. The Morgan fingerprint density at radius 1 is 1.00 bits per heavy atom. The van der Waals surface area contributed by atoms with Crippen LogP contribution in [0.1, 0.15) is 0 Å². The van der Waals surface area contributed by atoms with Gasteiger partial charge in [0.25, 0.3) is 0 Å². The molecular weight excluding hydrogens is 118 g/mol. The molecule has 0 aliphatic heterocycles. The molecule has 0 bridgehead atoms. The predicted octanol–water partition coefficient (Wildman–Crippen LogP) is 1.01. The SMILES string of the molecule is [Fe].c1cc[nH]c1. The van der Waals surface area contributed by atoms with Crippen molar-refractivity contribution >= 4 is 0 Å². The van der Waals surface area contributed by atoms with E-state index in [9.17, 15) is 0 Å². The van der Waals surface area contributed by atoms with Crippen LogP contribution >= 0.6 is 0 Å². The minimum absolute atomic E-state index is 0. The molecule has 2 heteroatoms. The minimum Gasteiger partial charge on any atom is -0.368 e. The minimum atomic E-state index is 0. The molecule has 0 saturated heterocycles. The van der Waals surface area contributed by atoms with Crippen LogP contribution in [0.3, 0.4) is 0 Å². The van der Waals surface area contributed by atoms with E-state index in [1.807, 2.05) is 24.5 Å². The van der Waals surface area contributed by atoms with Gasteiger partial charge in [-0.25, -0.2) is 0 Å². The average Bonchev–Trinajstić information content (AvgIpc) is 1.76. The topological polar surface area (TPSA) is 15.8 Å². The normalized spacial score (nSPS) is 6.67. The van der Waals surface area contributed by atoms with Gasteiger partial charge in [-0.15, -0.1) is 0 Å². The molecule has 0 saturated carbocycles. The van der Waals surface area contributed by atoms with E-state index >= 15 is 0 Å². The van der Waals surface area contributed by atoms with Crippen molar-refractivity contribution in [3.8, 4) is 0 Å². The molecule has 0 spiro atoms. The second-order valence-corrected chi connectivity index (χ2v) is 0.885. The van der Waals surface area contributed by atoms with Gasteiger partial charge in [0.05, 0.1) is 0 Å². The molecule has 0 amide bonds. The first-order valence-electron chi connectivity index (χ1n) is 1.58. The van der Waals surface area contributed by atoms with Gasteiger partial charge in [0.1, 0.15) is 0 Å². The molecule has 0 aliphatic carbocycles. The third kappa shape index (κ3) is 1.29. The molecular formula is C4H5FeN. The van der Waals surface area contributed by atoms with Gasteiger partial charge in [-0.3, -0.25) is 0 Å². The Balaban J connectivity index is 0.000000250. The summed E-state index contributed by atoms with van der Waals surface area (Å²) in [5, 5.41) is 0. The van der Waals surface area contributed by atoms with Crippen LogP contribution in [0.15, 0.2) is 24.5 Å². The third-order valence-electron chi connectivity index (χ3n) is 0.496. The molecule has 0 aromatic carbocycles. The molecule has 0 radical (unpaired) electrons. The molecule has 1 rings (SSSR count). The number of H-pyrrole nitrogens is 1. The first-order valence-corrected chi connectivity index (χ1v) is 1.58. The maximum absolute atomic E-state index is 2.86. The second-order valence-electron chi connectivity index (χ2n) is 0.885. The molecule has 0 fully saturated rings. The van der Waals surface area contributed by atoms with Gasteiger partial charge in [0.2, 0.25) is 0 Å². The summed E-state index contributed by atoms with van der Waals surface area (Å²) in [5.41, 5.74) is 0. The first-order chi connectivity index (χ1) is 2.50. The van der Waals surface area contributed by atoms with Crippen LogP contribution in [0.4, 0.5) is 0 Å². The molecule has 34 valence electrons. The Morgan fingerprint density at radius 2 is 1.50 bits per heavy atom. The van der Waals surface area contributed by atoms with Crippen molar-refractivity contribution in [1.82, 2.24) is 4.98 Å². The maximum Gasteiger partial charge on any atom is 0.000496 e. The van der Waals surface area contributed by atoms with E-state index in [-0.39, 0.29) is 17.1 Å². The van der Waals surface area contributed by atoms with Crippen LogP contribution < -0.4 is 0 Å². The van der Waals surface area contributed by atoms with Crippen LogP contribution in [0, 0.1) is 0 Å². The first kappa shape index (κ1) is 5.80. The standard InChI is InChI=1S/C4H5N.Fe/c1-2-4-5-3-1;/h1-5H;. The van der Waals surface area contributed by atoms with Crippen molar-refractivity contribution in [2.24, 2.45) is 0 Å². The Hall–Kier alpha value is -0.201.